The van der Waals surface area contributed by atoms with Gasteiger partial charge in [0.2, 0.25) is 0 Å². The smallest absolute Gasteiger partial charge is 0.122 e. The Labute approximate surface area is 100.0 Å². The maximum atomic E-state index is 5.88. The Bertz CT molecular complexity index is 356. The van der Waals surface area contributed by atoms with E-state index >= 15 is 0 Å². The molecule has 2 rings (SSSR count). The van der Waals surface area contributed by atoms with E-state index in [0.29, 0.717) is 5.41 Å². The Morgan fingerprint density at radius 1 is 1.33 bits per heavy atom. The SMILES string of the molecule is Cc1ccc(OCC2(CBr)CC2)c(C)c1. The highest BCUT2D eigenvalue weighted by atomic mass is 79.9. The summed E-state index contributed by atoms with van der Waals surface area (Å²) in [6.07, 6.45) is 2.59. The minimum absolute atomic E-state index is 0.428. The molecule has 0 atom stereocenters. The van der Waals surface area contributed by atoms with Crippen LogP contribution in [0.25, 0.3) is 0 Å². The largest absolute Gasteiger partial charge is 0.493 e. The Balaban J connectivity index is 1.99. The summed E-state index contributed by atoms with van der Waals surface area (Å²) in [6.45, 7) is 5.07. The van der Waals surface area contributed by atoms with Crippen molar-refractivity contribution in [2.45, 2.75) is 26.7 Å². The third-order valence-corrected chi connectivity index (χ3v) is 4.29. The van der Waals surface area contributed by atoms with Gasteiger partial charge in [0.15, 0.2) is 0 Å². The fourth-order valence-electron chi connectivity index (χ4n) is 1.69. The highest BCUT2D eigenvalue weighted by Crippen LogP contribution is 2.47. The molecule has 0 amide bonds. The van der Waals surface area contributed by atoms with Crippen LogP contribution in [0.1, 0.15) is 24.0 Å². The molecule has 0 aliphatic heterocycles. The molecule has 0 heterocycles. The van der Waals surface area contributed by atoms with Crippen molar-refractivity contribution in [1.82, 2.24) is 0 Å². The monoisotopic (exact) mass is 268 g/mol. The summed E-state index contributed by atoms with van der Waals surface area (Å²) < 4.78 is 5.88. The van der Waals surface area contributed by atoms with Gasteiger partial charge in [-0.1, -0.05) is 33.6 Å². The second-order valence-corrected chi connectivity index (χ2v) is 5.25. The van der Waals surface area contributed by atoms with Crippen LogP contribution in [0.4, 0.5) is 0 Å². The van der Waals surface area contributed by atoms with Gasteiger partial charge in [-0.05, 0) is 38.3 Å². The van der Waals surface area contributed by atoms with Gasteiger partial charge in [0.1, 0.15) is 5.75 Å². The molecule has 1 nitrogen and oxygen atoms in total. The third kappa shape index (κ3) is 2.54. The normalized spacial score (nSPS) is 17.5. The maximum Gasteiger partial charge on any atom is 0.122 e. The molecule has 0 unspecified atom stereocenters. The van der Waals surface area contributed by atoms with Gasteiger partial charge in [-0.25, -0.2) is 0 Å². The zero-order valence-corrected chi connectivity index (χ0v) is 10.9. The molecular weight excluding hydrogens is 252 g/mol. The number of alkyl halides is 1. The highest BCUT2D eigenvalue weighted by molar-refractivity contribution is 9.09. The van der Waals surface area contributed by atoms with E-state index in [9.17, 15) is 0 Å². The van der Waals surface area contributed by atoms with Gasteiger partial charge in [-0.15, -0.1) is 0 Å². The van der Waals surface area contributed by atoms with Crippen molar-refractivity contribution in [3.63, 3.8) is 0 Å². The predicted molar refractivity (Wildman–Crippen MR) is 66.9 cm³/mol. The van der Waals surface area contributed by atoms with Crippen LogP contribution in [0, 0.1) is 19.3 Å². The second kappa shape index (κ2) is 4.17. The topological polar surface area (TPSA) is 9.23 Å². The van der Waals surface area contributed by atoms with Crippen molar-refractivity contribution in [3.8, 4) is 5.75 Å². The summed E-state index contributed by atoms with van der Waals surface area (Å²) in [5.74, 6) is 1.04. The molecule has 1 aliphatic rings. The average Bonchev–Trinajstić information content (AvgIpc) is 2.97. The zero-order valence-electron chi connectivity index (χ0n) is 9.35. The van der Waals surface area contributed by atoms with Gasteiger partial charge in [0.25, 0.3) is 0 Å². The molecule has 82 valence electrons. The average molecular weight is 269 g/mol. The first-order valence-electron chi connectivity index (χ1n) is 5.41. The molecule has 0 N–H and O–H groups in total. The molecule has 2 heteroatoms. The van der Waals surface area contributed by atoms with Crippen LogP contribution in [0.3, 0.4) is 0 Å². The number of rotatable bonds is 4. The minimum atomic E-state index is 0.428. The summed E-state index contributed by atoms with van der Waals surface area (Å²) in [5, 5.41) is 1.06. The van der Waals surface area contributed by atoms with Crippen molar-refractivity contribution < 1.29 is 4.74 Å². The van der Waals surface area contributed by atoms with E-state index in [2.05, 4.69) is 48.0 Å². The number of ether oxygens (including phenoxy) is 1. The molecule has 0 aromatic heterocycles. The van der Waals surface area contributed by atoms with E-state index in [1.54, 1.807) is 0 Å². The lowest BCUT2D eigenvalue weighted by Gasteiger charge is -2.15. The fraction of sp³-hybridized carbons (Fsp3) is 0.538. The lowest BCUT2D eigenvalue weighted by molar-refractivity contribution is 0.250. The first kappa shape index (κ1) is 11.0. The van der Waals surface area contributed by atoms with Crippen LogP contribution in [0.15, 0.2) is 18.2 Å². The van der Waals surface area contributed by atoms with Crippen LogP contribution in [-0.2, 0) is 0 Å². The molecule has 1 saturated carbocycles. The highest BCUT2D eigenvalue weighted by Gasteiger charge is 2.42. The van der Waals surface area contributed by atoms with E-state index in [0.717, 1.165) is 17.7 Å². The summed E-state index contributed by atoms with van der Waals surface area (Å²) in [4.78, 5) is 0. The summed E-state index contributed by atoms with van der Waals surface area (Å²) in [5.41, 5.74) is 2.96. The molecule has 0 saturated heterocycles. The second-order valence-electron chi connectivity index (χ2n) is 4.69. The lowest BCUT2D eigenvalue weighted by atomic mass is 10.1. The van der Waals surface area contributed by atoms with Crippen LogP contribution in [0.5, 0.6) is 5.75 Å². The zero-order chi connectivity index (χ0) is 10.9. The van der Waals surface area contributed by atoms with Gasteiger partial charge in [0, 0.05) is 10.7 Å². The van der Waals surface area contributed by atoms with E-state index in [1.165, 1.54) is 24.0 Å². The summed E-state index contributed by atoms with van der Waals surface area (Å²) in [6, 6.07) is 6.36. The number of hydrogen-bond acceptors (Lipinski definition) is 1. The summed E-state index contributed by atoms with van der Waals surface area (Å²) >= 11 is 3.56. The minimum Gasteiger partial charge on any atom is -0.493 e. The quantitative estimate of drug-likeness (QED) is 0.754. The molecule has 15 heavy (non-hydrogen) atoms. The Hall–Kier alpha value is -0.500. The van der Waals surface area contributed by atoms with Crippen molar-refractivity contribution in [1.29, 1.82) is 0 Å². The maximum absolute atomic E-state index is 5.88. The molecule has 1 aromatic rings. The lowest BCUT2D eigenvalue weighted by Crippen LogP contribution is -2.14. The predicted octanol–water partition coefficient (Wildman–Crippen LogP) is 3.86. The number of hydrogen-bond donors (Lipinski definition) is 0. The van der Waals surface area contributed by atoms with Crippen LogP contribution in [0.2, 0.25) is 0 Å². The number of halogens is 1. The van der Waals surface area contributed by atoms with Crippen molar-refractivity contribution in [2.75, 3.05) is 11.9 Å². The van der Waals surface area contributed by atoms with Gasteiger partial charge in [-0.2, -0.15) is 0 Å². The summed E-state index contributed by atoms with van der Waals surface area (Å²) in [7, 11) is 0. The fourth-order valence-corrected chi connectivity index (χ4v) is 2.41. The molecule has 0 bridgehead atoms. The molecule has 1 aliphatic carbocycles. The van der Waals surface area contributed by atoms with Gasteiger partial charge >= 0.3 is 0 Å². The molecule has 1 fully saturated rings. The van der Waals surface area contributed by atoms with Crippen LogP contribution >= 0.6 is 15.9 Å². The standard InChI is InChI=1S/C13H17BrO/c1-10-3-4-12(11(2)7-10)15-9-13(8-14)5-6-13/h3-4,7H,5-6,8-9H2,1-2H3. The molecule has 1 aromatic carbocycles. The van der Waals surface area contributed by atoms with E-state index in [-0.39, 0.29) is 0 Å². The van der Waals surface area contributed by atoms with Crippen LogP contribution < -0.4 is 4.74 Å². The van der Waals surface area contributed by atoms with E-state index in [4.69, 9.17) is 4.74 Å². The first-order valence-corrected chi connectivity index (χ1v) is 6.53. The van der Waals surface area contributed by atoms with E-state index < -0.39 is 0 Å². The van der Waals surface area contributed by atoms with Crippen molar-refractivity contribution in [3.05, 3.63) is 29.3 Å². The molecular formula is C13H17BrO. The van der Waals surface area contributed by atoms with Gasteiger partial charge in [-0.3, -0.25) is 0 Å². The Morgan fingerprint density at radius 3 is 2.60 bits per heavy atom. The van der Waals surface area contributed by atoms with E-state index in [1.807, 2.05) is 0 Å². The first-order chi connectivity index (χ1) is 7.15. The molecule has 0 radical (unpaired) electrons. The van der Waals surface area contributed by atoms with Crippen molar-refractivity contribution in [2.24, 2.45) is 5.41 Å². The third-order valence-electron chi connectivity index (χ3n) is 3.10. The molecule has 0 spiro atoms. The van der Waals surface area contributed by atoms with Gasteiger partial charge < -0.3 is 4.74 Å². The number of aryl methyl sites for hydroxylation is 2. The Kier molecular flexibility index (Phi) is 3.06. The number of benzene rings is 1. The van der Waals surface area contributed by atoms with Gasteiger partial charge in [0.05, 0.1) is 6.61 Å². The van der Waals surface area contributed by atoms with Crippen molar-refractivity contribution >= 4 is 15.9 Å². The van der Waals surface area contributed by atoms with Crippen LogP contribution in [-0.4, -0.2) is 11.9 Å². The Morgan fingerprint density at radius 2 is 2.07 bits per heavy atom.